The molecule has 0 bridgehead atoms. The third-order valence-electron chi connectivity index (χ3n) is 3.83. The van der Waals surface area contributed by atoms with Gasteiger partial charge in [0.1, 0.15) is 5.82 Å². The molecule has 0 aliphatic carbocycles. The standard InChI is InChI=1S/C19H17N5/c1-14-8-11-24(23-14)18-7-3-6-17(22-18)13-15-4-2-5-16(12-15)19-20-9-10-21-19/h2-12H,13H2,1H3,(H,20,21). The maximum Gasteiger partial charge on any atom is 0.153 e. The summed E-state index contributed by atoms with van der Waals surface area (Å²) in [5, 5.41) is 4.42. The molecule has 0 saturated heterocycles. The van der Waals surface area contributed by atoms with E-state index >= 15 is 0 Å². The van der Waals surface area contributed by atoms with Crippen LogP contribution in [0.1, 0.15) is 17.0 Å². The summed E-state index contributed by atoms with van der Waals surface area (Å²) >= 11 is 0. The van der Waals surface area contributed by atoms with Crippen molar-refractivity contribution < 1.29 is 0 Å². The van der Waals surface area contributed by atoms with E-state index in [4.69, 9.17) is 4.98 Å². The quantitative estimate of drug-likeness (QED) is 0.626. The third kappa shape index (κ3) is 2.96. The van der Waals surface area contributed by atoms with Crippen LogP contribution in [0.3, 0.4) is 0 Å². The van der Waals surface area contributed by atoms with Gasteiger partial charge < -0.3 is 4.98 Å². The number of benzene rings is 1. The number of pyridine rings is 1. The van der Waals surface area contributed by atoms with Gasteiger partial charge in [-0.05, 0) is 36.8 Å². The lowest BCUT2D eigenvalue weighted by Crippen LogP contribution is -2.01. The molecule has 4 aromatic rings. The first-order valence-electron chi connectivity index (χ1n) is 7.85. The Morgan fingerprint density at radius 2 is 2.00 bits per heavy atom. The number of nitrogens with zero attached hydrogens (tertiary/aromatic N) is 4. The summed E-state index contributed by atoms with van der Waals surface area (Å²) < 4.78 is 1.80. The van der Waals surface area contributed by atoms with Crippen molar-refractivity contribution in [2.24, 2.45) is 0 Å². The van der Waals surface area contributed by atoms with Crippen molar-refractivity contribution in [1.29, 1.82) is 0 Å². The molecule has 0 fully saturated rings. The van der Waals surface area contributed by atoms with E-state index in [9.17, 15) is 0 Å². The topological polar surface area (TPSA) is 59.4 Å². The minimum Gasteiger partial charge on any atom is -0.345 e. The number of H-pyrrole nitrogens is 1. The van der Waals surface area contributed by atoms with Gasteiger partial charge in [-0.2, -0.15) is 5.10 Å². The second-order valence-corrected chi connectivity index (χ2v) is 5.70. The van der Waals surface area contributed by atoms with E-state index < -0.39 is 0 Å². The van der Waals surface area contributed by atoms with Gasteiger partial charge >= 0.3 is 0 Å². The zero-order valence-electron chi connectivity index (χ0n) is 13.3. The van der Waals surface area contributed by atoms with Crippen molar-refractivity contribution in [1.82, 2.24) is 24.7 Å². The summed E-state index contributed by atoms with van der Waals surface area (Å²) in [5.41, 5.74) is 4.27. The summed E-state index contributed by atoms with van der Waals surface area (Å²) in [4.78, 5) is 12.2. The molecule has 3 aromatic heterocycles. The molecule has 1 N–H and O–H groups in total. The highest BCUT2D eigenvalue weighted by Gasteiger charge is 2.05. The molecule has 0 spiro atoms. The number of hydrogen-bond acceptors (Lipinski definition) is 3. The van der Waals surface area contributed by atoms with Crippen LogP contribution in [-0.2, 0) is 6.42 Å². The highest BCUT2D eigenvalue weighted by Crippen LogP contribution is 2.18. The Balaban J connectivity index is 1.61. The van der Waals surface area contributed by atoms with Crippen molar-refractivity contribution >= 4 is 0 Å². The van der Waals surface area contributed by atoms with Gasteiger partial charge in [-0.1, -0.05) is 24.3 Å². The molecule has 0 aliphatic rings. The third-order valence-corrected chi connectivity index (χ3v) is 3.83. The highest BCUT2D eigenvalue weighted by atomic mass is 15.3. The Labute approximate surface area is 140 Å². The molecule has 24 heavy (non-hydrogen) atoms. The van der Waals surface area contributed by atoms with E-state index in [-0.39, 0.29) is 0 Å². The van der Waals surface area contributed by atoms with E-state index in [0.717, 1.165) is 35.0 Å². The Hall–Kier alpha value is -3.21. The van der Waals surface area contributed by atoms with Gasteiger partial charge in [-0.3, -0.25) is 0 Å². The van der Waals surface area contributed by atoms with Crippen LogP contribution in [0.25, 0.3) is 17.2 Å². The fraction of sp³-hybridized carbons (Fsp3) is 0.105. The fourth-order valence-electron chi connectivity index (χ4n) is 2.70. The van der Waals surface area contributed by atoms with Gasteiger partial charge in [0.15, 0.2) is 5.82 Å². The van der Waals surface area contributed by atoms with Gasteiger partial charge in [-0.25, -0.2) is 14.6 Å². The van der Waals surface area contributed by atoms with Crippen LogP contribution < -0.4 is 0 Å². The van der Waals surface area contributed by atoms with Crippen LogP contribution in [0.15, 0.2) is 67.1 Å². The average Bonchev–Trinajstić information content (AvgIpc) is 3.27. The van der Waals surface area contributed by atoms with Gasteiger partial charge in [-0.15, -0.1) is 0 Å². The number of aromatic amines is 1. The lowest BCUT2D eigenvalue weighted by molar-refractivity contribution is 0.822. The van der Waals surface area contributed by atoms with Crippen LogP contribution in [0, 0.1) is 6.92 Å². The van der Waals surface area contributed by atoms with Crippen LogP contribution >= 0.6 is 0 Å². The molecule has 5 heteroatoms. The summed E-state index contributed by atoms with van der Waals surface area (Å²) in [6.07, 6.45) is 6.29. The van der Waals surface area contributed by atoms with Crippen molar-refractivity contribution in [2.45, 2.75) is 13.3 Å². The summed E-state index contributed by atoms with van der Waals surface area (Å²) in [6.45, 7) is 1.97. The van der Waals surface area contributed by atoms with E-state index in [1.54, 1.807) is 10.9 Å². The molecule has 0 aliphatic heterocycles. The van der Waals surface area contributed by atoms with E-state index in [1.807, 2.05) is 49.6 Å². The lowest BCUT2D eigenvalue weighted by atomic mass is 10.1. The maximum absolute atomic E-state index is 4.72. The smallest absolute Gasteiger partial charge is 0.153 e. The van der Waals surface area contributed by atoms with E-state index in [2.05, 4.69) is 33.3 Å². The molecule has 5 nitrogen and oxygen atoms in total. The molecule has 0 radical (unpaired) electrons. The van der Waals surface area contributed by atoms with Gasteiger partial charge in [0, 0.05) is 36.3 Å². The SMILES string of the molecule is Cc1ccn(-c2cccc(Cc3cccc(-c4ncc[nH]4)c3)n2)n1. The molecule has 118 valence electrons. The first kappa shape index (κ1) is 14.4. The van der Waals surface area contributed by atoms with Crippen LogP contribution in [0.4, 0.5) is 0 Å². The van der Waals surface area contributed by atoms with Crippen molar-refractivity contribution in [3.8, 4) is 17.2 Å². The normalized spacial score (nSPS) is 10.9. The average molecular weight is 315 g/mol. The predicted octanol–water partition coefficient (Wildman–Crippen LogP) is 3.56. The summed E-state index contributed by atoms with van der Waals surface area (Å²) in [5.74, 6) is 1.72. The van der Waals surface area contributed by atoms with Crippen molar-refractivity contribution in [3.05, 3.63) is 84.1 Å². The second kappa shape index (κ2) is 6.12. The minimum absolute atomic E-state index is 0.767. The first-order valence-corrected chi connectivity index (χ1v) is 7.85. The lowest BCUT2D eigenvalue weighted by Gasteiger charge is -2.06. The maximum atomic E-state index is 4.72. The second-order valence-electron chi connectivity index (χ2n) is 5.70. The van der Waals surface area contributed by atoms with Crippen LogP contribution in [0.2, 0.25) is 0 Å². The Kier molecular flexibility index (Phi) is 3.67. The van der Waals surface area contributed by atoms with Crippen LogP contribution in [-0.4, -0.2) is 24.7 Å². The van der Waals surface area contributed by atoms with Gasteiger partial charge in [0.25, 0.3) is 0 Å². The highest BCUT2D eigenvalue weighted by molar-refractivity contribution is 5.56. The molecular weight excluding hydrogens is 298 g/mol. The van der Waals surface area contributed by atoms with Crippen molar-refractivity contribution in [3.63, 3.8) is 0 Å². The summed E-state index contributed by atoms with van der Waals surface area (Å²) in [7, 11) is 0. The fourth-order valence-corrected chi connectivity index (χ4v) is 2.70. The van der Waals surface area contributed by atoms with E-state index in [1.165, 1.54) is 5.56 Å². The molecule has 4 rings (SSSR count). The van der Waals surface area contributed by atoms with Gasteiger partial charge in [0.2, 0.25) is 0 Å². The molecule has 0 unspecified atom stereocenters. The predicted molar refractivity (Wildman–Crippen MR) is 92.9 cm³/mol. The number of imidazole rings is 1. The largest absolute Gasteiger partial charge is 0.345 e. The number of nitrogens with one attached hydrogen (secondary N) is 1. The zero-order valence-corrected chi connectivity index (χ0v) is 13.3. The Bertz CT molecular complexity index is 953. The number of aromatic nitrogens is 5. The van der Waals surface area contributed by atoms with Crippen LogP contribution in [0.5, 0.6) is 0 Å². The molecule has 1 aromatic carbocycles. The van der Waals surface area contributed by atoms with Crippen molar-refractivity contribution in [2.75, 3.05) is 0 Å². The monoisotopic (exact) mass is 315 g/mol. The van der Waals surface area contributed by atoms with Gasteiger partial charge in [0.05, 0.1) is 5.69 Å². The van der Waals surface area contributed by atoms with E-state index in [0.29, 0.717) is 0 Å². The molecule has 0 atom stereocenters. The molecule has 0 amide bonds. The molecule has 0 saturated carbocycles. The summed E-state index contributed by atoms with van der Waals surface area (Å²) in [6, 6.07) is 16.4. The molecule has 3 heterocycles. The first-order chi connectivity index (χ1) is 11.8. The number of rotatable bonds is 4. The number of aryl methyl sites for hydroxylation is 1. The Morgan fingerprint density at radius 1 is 1.08 bits per heavy atom. The number of hydrogen-bond donors (Lipinski definition) is 1. The minimum atomic E-state index is 0.767. The molecular formula is C19H17N5. The Morgan fingerprint density at radius 3 is 2.79 bits per heavy atom. The zero-order chi connectivity index (χ0) is 16.4.